The van der Waals surface area contributed by atoms with E-state index < -0.39 is 17.8 Å². The van der Waals surface area contributed by atoms with Crippen LogP contribution in [0.2, 0.25) is 0 Å². The molecule has 1 aliphatic rings. The molecule has 33 heavy (non-hydrogen) atoms. The van der Waals surface area contributed by atoms with Crippen LogP contribution in [0, 0.1) is 17.8 Å². The second kappa shape index (κ2) is 10.6. The predicted octanol–water partition coefficient (Wildman–Crippen LogP) is 4.94. The molecular weight excluding hydrogens is 414 g/mol. The molecule has 0 aliphatic heterocycles. The Bertz CT molecular complexity index is 940. The van der Waals surface area contributed by atoms with Gasteiger partial charge in [-0.25, -0.2) is 0 Å². The normalized spacial score (nSPS) is 19.8. The van der Waals surface area contributed by atoms with Crippen molar-refractivity contribution in [3.8, 4) is 0 Å². The van der Waals surface area contributed by atoms with E-state index in [1.165, 1.54) is 0 Å². The molecule has 6 heteroatoms. The second-order valence-electron chi connectivity index (χ2n) is 8.36. The monoisotopic (exact) mass is 441 g/mol. The van der Waals surface area contributed by atoms with Crippen molar-refractivity contribution in [2.24, 2.45) is 17.8 Å². The smallest absolute Gasteiger partial charge is 0.227 e. The van der Waals surface area contributed by atoms with Gasteiger partial charge in [0.15, 0.2) is 0 Å². The molecule has 168 valence electrons. The van der Waals surface area contributed by atoms with Gasteiger partial charge >= 0.3 is 0 Å². The summed E-state index contributed by atoms with van der Waals surface area (Å²) in [5, 5.41) is 8.78. The van der Waals surface area contributed by atoms with Crippen LogP contribution in [0.3, 0.4) is 0 Å². The number of rotatable bonds is 6. The summed E-state index contributed by atoms with van der Waals surface area (Å²) < 4.78 is 0. The Kier molecular flexibility index (Phi) is 7.15. The minimum atomic E-state index is -0.447. The lowest BCUT2D eigenvalue weighted by Crippen LogP contribution is -2.40. The number of hydrogen-bond acceptors (Lipinski definition) is 3. The largest absolute Gasteiger partial charge is 0.326 e. The molecule has 0 aromatic heterocycles. The maximum absolute atomic E-state index is 13.0. The van der Waals surface area contributed by atoms with Crippen LogP contribution < -0.4 is 16.0 Å². The van der Waals surface area contributed by atoms with E-state index in [1.807, 2.05) is 91.0 Å². The van der Waals surface area contributed by atoms with Gasteiger partial charge in [0, 0.05) is 34.8 Å². The topological polar surface area (TPSA) is 87.3 Å². The highest BCUT2D eigenvalue weighted by Gasteiger charge is 2.39. The van der Waals surface area contributed by atoms with Gasteiger partial charge in [-0.05, 0) is 55.7 Å². The molecule has 0 atom stereocenters. The first-order valence-electron chi connectivity index (χ1n) is 11.2. The number of carbonyl (C=O) groups excluding carboxylic acids is 3. The molecule has 6 nitrogen and oxygen atoms in total. The lowest BCUT2D eigenvalue weighted by atomic mass is 9.74. The van der Waals surface area contributed by atoms with Crippen molar-refractivity contribution in [1.29, 1.82) is 0 Å². The highest BCUT2D eigenvalue weighted by atomic mass is 16.2. The molecule has 0 spiro atoms. The predicted molar refractivity (Wildman–Crippen MR) is 130 cm³/mol. The molecule has 0 unspecified atom stereocenters. The summed E-state index contributed by atoms with van der Waals surface area (Å²) in [5.41, 5.74) is 2.09. The summed E-state index contributed by atoms with van der Waals surface area (Å²) in [6.45, 7) is 0. The van der Waals surface area contributed by atoms with Gasteiger partial charge in [-0.2, -0.15) is 0 Å². The third kappa shape index (κ3) is 6.07. The van der Waals surface area contributed by atoms with Gasteiger partial charge in [0.1, 0.15) is 0 Å². The van der Waals surface area contributed by atoms with Gasteiger partial charge in [0.2, 0.25) is 17.7 Å². The minimum Gasteiger partial charge on any atom is -0.326 e. The first kappa shape index (κ1) is 22.3. The minimum absolute atomic E-state index is 0.170. The molecule has 4 rings (SSSR count). The number of nitrogens with one attached hydrogen (secondary N) is 3. The van der Waals surface area contributed by atoms with Crippen molar-refractivity contribution in [3.05, 3.63) is 91.0 Å². The van der Waals surface area contributed by atoms with Crippen molar-refractivity contribution >= 4 is 34.8 Å². The van der Waals surface area contributed by atoms with E-state index in [2.05, 4.69) is 16.0 Å². The van der Waals surface area contributed by atoms with Crippen LogP contribution in [-0.4, -0.2) is 17.7 Å². The van der Waals surface area contributed by atoms with E-state index in [-0.39, 0.29) is 17.7 Å². The molecule has 3 aromatic rings. The summed E-state index contributed by atoms with van der Waals surface area (Å²) in [7, 11) is 0. The lowest BCUT2D eigenvalue weighted by molar-refractivity contribution is -0.129. The zero-order chi connectivity index (χ0) is 23.0. The second-order valence-corrected chi connectivity index (χ2v) is 8.36. The Morgan fingerprint density at radius 1 is 0.455 bits per heavy atom. The van der Waals surface area contributed by atoms with Gasteiger partial charge in [-0.15, -0.1) is 0 Å². The number of anilines is 3. The Labute approximate surface area is 193 Å². The molecule has 1 fully saturated rings. The molecule has 0 heterocycles. The Hall–Kier alpha value is -3.93. The van der Waals surface area contributed by atoms with Gasteiger partial charge in [0.25, 0.3) is 0 Å². The summed E-state index contributed by atoms with van der Waals surface area (Å²) in [6, 6.07) is 27.7. The maximum Gasteiger partial charge on any atom is 0.227 e. The van der Waals surface area contributed by atoms with Crippen LogP contribution >= 0.6 is 0 Å². The van der Waals surface area contributed by atoms with Crippen LogP contribution in [0.4, 0.5) is 17.1 Å². The standard InChI is InChI=1S/C27H27N3O3/c31-25(28-22-10-4-1-5-11-22)19-16-20(26(32)29-23-12-6-2-7-13-23)18-21(17-19)27(33)30-24-14-8-3-9-15-24/h1-15,19-21H,16-18H2,(H,28,31)(H,29,32)(H,30,33). The molecule has 3 amide bonds. The SMILES string of the molecule is O=C(Nc1ccccc1)C1CC(C(=O)Nc2ccccc2)CC(C(=O)Nc2ccccc2)C1. The van der Waals surface area contributed by atoms with E-state index in [0.29, 0.717) is 36.3 Å². The average molecular weight is 442 g/mol. The summed E-state index contributed by atoms with van der Waals surface area (Å²) >= 11 is 0. The number of carbonyl (C=O) groups is 3. The average Bonchev–Trinajstić information content (AvgIpc) is 2.85. The van der Waals surface area contributed by atoms with Gasteiger partial charge in [0.05, 0.1) is 0 Å². The van der Waals surface area contributed by atoms with E-state index in [4.69, 9.17) is 0 Å². The van der Waals surface area contributed by atoms with E-state index in [0.717, 1.165) is 0 Å². The quantitative estimate of drug-likeness (QED) is 0.507. The Morgan fingerprint density at radius 3 is 0.939 bits per heavy atom. The molecule has 3 N–H and O–H groups in total. The zero-order valence-corrected chi connectivity index (χ0v) is 18.2. The van der Waals surface area contributed by atoms with Crippen LogP contribution in [0.5, 0.6) is 0 Å². The fraction of sp³-hybridized carbons (Fsp3) is 0.222. The molecule has 1 saturated carbocycles. The van der Waals surface area contributed by atoms with Crippen molar-refractivity contribution in [3.63, 3.8) is 0 Å². The van der Waals surface area contributed by atoms with Gasteiger partial charge in [-0.3, -0.25) is 14.4 Å². The lowest BCUT2D eigenvalue weighted by Gasteiger charge is -2.33. The molecule has 3 aromatic carbocycles. The van der Waals surface area contributed by atoms with E-state index >= 15 is 0 Å². The Morgan fingerprint density at radius 2 is 0.697 bits per heavy atom. The van der Waals surface area contributed by atoms with Crippen molar-refractivity contribution in [2.75, 3.05) is 16.0 Å². The number of hydrogen-bond donors (Lipinski definition) is 3. The third-order valence-corrected chi connectivity index (χ3v) is 5.94. The molecule has 0 bridgehead atoms. The fourth-order valence-electron chi connectivity index (χ4n) is 4.26. The van der Waals surface area contributed by atoms with Gasteiger partial charge < -0.3 is 16.0 Å². The third-order valence-electron chi connectivity index (χ3n) is 5.94. The van der Waals surface area contributed by atoms with Crippen molar-refractivity contribution < 1.29 is 14.4 Å². The molecule has 1 aliphatic carbocycles. The van der Waals surface area contributed by atoms with Crippen LogP contribution in [0.15, 0.2) is 91.0 Å². The highest BCUT2D eigenvalue weighted by molar-refractivity contribution is 5.98. The zero-order valence-electron chi connectivity index (χ0n) is 18.2. The summed E-state index contributed by atoms with van der Waals surface area (Å²) in [4.78, 5) is 39.1. The fourth-order valence-corrected chi connectivity index (χ4v) is 4.26. The molecule has 0 saturated heterocycles. The Balaban J connectivity index is 1.49. The summed E-state index contributed by atoms with van der Waals surface area (Å²) in [6.07, 6.45) is 1.19. The first-order valence-corrected chi connectivity index (χ1v) is 11.2. The van der Waals surface area contributed by atoms with E-state index in [1.54, 1.807) is 0 Å². The van der Waals surface area contributed by atoms with Gasteiger partial charge in [-0.1, -0.05) is 54.6 Å². The maximum atomic E-state index is 13.0. The number of benzene rings is 3. The summed E-state index contributed by atoms with van der Waals surface area (Å²) in [5.74, 6) is -1.85. The number of amides is 3. The van der Waals surface area contributed by atoms with Crippen molar-refractivity contribution in [2.45, 2.75) is 19.3 Å². The highest BCUT2D eigenvalue weighted by Crippen LogP contribution is 2.36. The van der Waals surface area contributed by atoms with Crippen LogP contribution in [0.1, 0.15) is 19.3 Å². The molecular formula is C27H27N3O3. The molecule has 0 radical (unpaired) electrons. The van der Waals surface area contributed by atoms with Crippen LogP contribution in [0.25, 0.3) is 0 Å². The number of para-hydroxylation sites is 3. The van der Waals surface area contributed by atoms with Crippen molar-refractivity contribution in [1.82, 2.24) is 0 Å². The van der Waals surface area contributed by atoms with Crippen LogP contribution in [-0.2, 0) is 14.4 Å². The first-order chi connectivity index (χ1) is 16.1. The van der Waals surface area contributed by atoms with E-state index in [9.17, 15) is 14.4 Å².